The van der Waals surface area contributed by atoms with Gasteiger partial charge in [0.2, 0.25) is 5.91 Å². The normalized spacial score (nSPS) is 10.2. The van der Waals surface area contributed by atoms with Gasteiger partial charge in [-0.2, -0.15) is 0 Å². The maximum atomic E-state index is 12.2. The van der Waals surface area contributed by atoms with Crippen LogP contribution in [0.2, 0.25) is 0 Å². The number of nitrogens with two attached hydrogens (primary N) is 1. The van der Waals surface area contributed by atoms with Crippen LogP contribution >= 0.6 is 0 Å². The molecule has 0 heterocycles. The highest BCUT2D eigenvalue weighted by Crippen LogP contribution is 2.07. The van der Waals surface area contributed by atoms with E-state index in [0.29, 0.717) is 24.3 Å². The summed E-state index contributed by atoms with van der Waals surface area (Å²) in [5.41, 5.74) is 7.80. The van der Waals surface area contributed by atoms with Crippen molar-refractivity contribution >= 4 is 17.7 Å². The van der Waals surface area contributed by atoms with Gasteiger partial charge in [0, 0.05) is 24.8 Å². The van der Waals surface area contributed by atoms with Crippen molar-refractivity contribution in [3.8, 4) is 0 Å². The number of carbonyl (C=O) groups excluding carboxylic acids is 3. The van der Waals surface area contributed by atoms with Crippen molar-refractivity contribution in [1.82, 2.24) is 10.6 Å². The van der Waals surface area contributed by atoms with Crippen molar-refractivity contribution in [2.24, 2.45) is 5.73 Å². The topological polar surface area (TPSA) is 111 Å². The van der Waals surface area contributed by atoms with Crippen molar-refractivity contribution in [1.29, 1.82) is 0 Å². The predicted molar refractivity (Wildman–Crippen MR) is 96.3 cm³/mol. The van der Waals surface area contributed by atoms with E-state index >= 15 is 0 Å². The van der Waals surface area contributed by atoms with Crippen LogP contribution in [0.1, 0.15) is 31.8 Å². The maximum Gasteiger partial charge on any atom is 0.251 e. The first-order valence-corrected chi connectivity index (χ1v) is 8.01. The third kappa shape index (κ3) is 5.71. The number of hydrogen-bond acceptors (Lipinski definition) is 4. The smallest absolute Gasteiger partial charge is 0.251 e. The van der Waals surface area contributed by atoms with Crippen molar-refractivity contribution in [2.45, 2.75) is 13.2 Å². The van der Waals surface area contributed by atoms with E-state index in [4.69, 9.17) is 10.5 Å². The molecule has 0 aliphatic rings. The van der Waals surface area contributed by atoms with Gasteiger partial charge in [0.15, 0.2) is 0 Å². The maximum absolute atomic E-state index is 12.2. The number of rotatable bonds is 8. The Labute approximate surface area is 151 Å². The Balaban J connectivity index is 1.87. The highest BCUT2D eigenvalue weighted by molar-refractivity contribution is 5.96. The van der Waals surface area contributed by atoms with Gasteiger partial charge < -0.3 is 21.1 Å². The summed E-state index contributed by atoms with van der Waals surface area (Å²) < 4.78 is 5.04. The summed E-state index contributed by atoms with van der Waals surface area (Å²) in [5.74, 6) is -1.17. The second-order valence-electron chi connectivity index (χ2n) is 5.66. The SMILES string of the molecule is COCc1ccc(C(=O)NCc2ccc(C(=O)NCC(N)=O)cc2)cc1. The van der Waals surface area contributed by atoms with E-state index in [-0.39, 0.29) is 18.4 Å². The van der Waals surface area contributed by atoms with Gasteiger partial charge in [-0.3, -0.25) is 14.4 Å². The van der Waals surface area contributed by atoms with E-state index < -0.39 is 5.91 Å². The molecular formula is C19H21N3O4. The van der Waals surface area contributed by atoms with Crippen LogP contribution in [0, 0.1) is 0 Å². The van der Waals surface area contributed by atoms with E-state index in [1.807, 2.05) is 12.1 Å². The summed E-state index contributed by atoms with van der Waals surface area (Å²) in [6, 6.07) is 13.9. The molecule has 0 atom stereocenters. The molecule has 3 amide bonds. The lowest BCUT2D eigenvalue weighted by molar-refractivity contribution is -0.117. The number of hydrogen-bond donors (Lipinski definition) is 3. The zero-order chi connectivity index (χ0) is 18.9. The minimum Gasteiger partial charge on any atom is -0.380 e. The van der Waals surface area contributed by atoms with Crippen LogP contribution in [0.3, 0.4) is 0 Å². The lowest BCUT2D eigenvalue weighted by Crippen LogP contribution is -2.33. The standard InChI is InChI=1S/C19H21N3O4/c1-26-12-14-4-8-16(9-5-14)18(24)21-10-13-2-6-15(7-3-13)19(25)22-11-17(20)23/h2-9H,10-12H2,1H3,(H2,20,23)(H,21,24)(H,22,25). The molecule has 4 N–H and O–H groups in total. The van der Waals surface area contributed by atoms with E-state index in [1.54, 1.807) is 43.5 Å². The Kier molecular flexibility index (Phi) is 6.87. The predicted octanol–water partition coefficient (Wildman–Crippen LogP) is 0.978. The van der Waals surface area contributed by atoms with E-state index in [0.717, 1.165) is 11.1 Å². The molecule has 26 heavy (non-hydrogen) atoms. The van der Waals surface area contributed by atoms with Gasteiger partial charge in [-0.15, -0.1) is 0 Å². The van der Waals surface area contributed by atoms with Crippen LogP contribution < -0.4 is 16.4 Å². The molecule has 136 valence electrons. The third-order valence-electron chi connectivity index (χ3n) is 3.62. The van der Waals surface area contributed by atoms with Crippen LogP contribution in [-0.2, 0) is 22.7 Å². The Bertz CT molecular complexity index is 770. The summed E-state index contributed by atoms with van der Waals surface area (Å²) in [7, 11) is 1.62. The molecule has 2 rings (SSSR count). The third-order valence-corrected chi connectivity index (χ3v) is 3.62. The first kappa shape index (κ1) is 19.1. The first-order chi connectivity index (χ1) is 12.5. The molecule has 2 aromatic rings. The number of primary amides is 1. The van der Waals surface area contributed by atoms with Gasteiger partial charge in [-0.05, 0) is 35.4 Å². The minimum absolute atomic E-state index is 0.183. The second kappa shape index (κ2) is 9.33. The Morgan fingerprint density at radius 1 is 0.846 bits per heavy atom. The van der Waals surface area contributed by atoms with Crippen LogP contribution in [0.15, 0.2) is 48.5 Å². The zero-order valence-corrected chi connectivity index (χ0v) is 14.5. The van der Waals surface area contributed by atoms with Crippen molar-refractivity contribution < 1.29 is 19.1 Å². The molecule has 0 aromatic heterocycles. The highest BCUT2D eigenvalue weighted by Gasteiger charge is 2.08. The van der Waals surface area contributed by atoms with Crippen LogP contribution in [0.25, 0.3) is 0 Å². The number of carbonyl (C=O) groups is 3. The molecule has 0 bridgehead atoms. The molecule has 0 radical (unpaired) electrons. The zero-order valence-electron chi connectivity index (χ0n) is 14.5. The van der Waals surface area contributed by atoms with Gasteiger partial charge in [0.25, 0.3) is 11.8 Å². The number of methoxy groups -OCH3 is 1. The van der Waals surface area contributed by atoms with Crippen molar-refractivity contribution in [3.63, 3.8) is 0 Å². The van der Waals surface area contributed by atoms with Gasteiger partial charge in [0.05, 0.1) is 13.2 Å². The fourth-order valence-corrected chi connectivity index (χ4v) is 2.25. The summed E-state index contributed by atoms with van der Waals surface area (Å²) >= 11 is 0. The van der Waals surface area contributed by atoms with E-state index in [1.165, 1.54) is 0 Å². The summed E-state index contributed by atoms with van der Waals surface area (Å²) in [6.07, 6.45) is 0. The Morgan fingerprint density at radius 3 is 1.85 bits per heavy atom. The second-order valence-corrected chi connectivity index (χ2v) is 5.66. The Hall–Kier alpha value is -3.19. The highest BCUT2D eigenvalue weighted by atomic mass is 16.5. The number of ether oxygens (including phenoxy) is 1. The summed E-state index contributed by atoms with van der Waals surface area (Å²) in [6.45, 7) is 0.628. The number of benzene rings is 2. The summed E-state index contributed by atoms with van der Waals surface area (Å²) in [4.78, 5) is 34.6. The van der Waals surface area contributed by atoms with Gasteiger partial charge in [0.1, 0.15) is 0 Å². The average molecular weight is 355 g/mol. The van der Waals surface area contributed by atoms with E-state index in [2.05, 4.69) is 10.6 Å². The minimum atomic E-state index is -0.604. The molecule has 2 aromatic carbocycles. The fraction of sp³-hybridized carbons (Fsp3) is 0.211. The molecule has 7 nitrogen and oxygen atoms in total. The molecule has 0 saturated carbocycles. The van der Waals surface area contributed by atoms with Crippen molar-refractivity contribution in [2.75, 3.05) is 13.7 Å². The molecule has 0 spiro atoms. The van der Waals surface area contributed by atoms with Gasteiger partial charge >= 0.3 is 0 Å². The Morgan fingerprint density at radius 2 is 1.35 bits per heavy atom. The fourth-order valence-electron chi connectivity index (χ4n) is 2.25. The molecule has 0 fully saturated rings. The number of nitrogens with one attached hydrogen (secondary N) is 2. The van der Waals surface area contributed by atoms with Gasteiger partial charge in [-0.1, -0.05) is 24.3 Å². The van der Waals surface area contributed by atoms with Crippen LogP contribution in [0.4, 0.5) is 0 Å². The quantitative estimate of drug-likeness (QED) is 0.655. The first-order valence-electron chi connectivity index (χ1n) is 8.01. The largest absolute Gasteiger partial charge is 0.380 e. The van der Waals surface area contributed by atoms with Crippen LogP contribution in [0.5, 0.6) is 0 Å². The average Bonchev–Trinajstić information content (AvgIpc) is 2.65. The molecule has 7 heteroatoms. The molecule has 0 aliphatic heterocycles. The monoisotopic (exact) mass is 355 g/mol. The lowest BCUT2D eigenvalue weighted by Gasteiger charge is -2.08. The molecular weight excluding hydrogens is 334 g/mol. The van der Waals surface area contributed by atoms with Crippen LogP contribution in [-0.4, -0.2) is 31.4 Å². The molecule has 0 saturated heterocycles. The van der Waals surface area contributed by atoms with Crippen molar-refractivity contribution in [3.05, 3.63) is 70.8 Å². The number of amides is 3. The summed E-state index contributed by atoms with van der Waals surface area (Å²) in [5, 5.41) is 5.23. The molecule has 0 unspecified atom stereocenters. The molecule has 0 aliphatic carbocycles. The van der Waals surface area contributed by atoms with E-state index in [9.17, 15) is 14.4 Å². The lowest BCUT2D eigenvalue weighted by atomic mass is 10.1. The van der Waals surface area contributed by atoms with Gasteiger partial charge in [-0.25, -0.2) is 0 Å².